The molecule has 2 nitrogen and oxygen atoms in total. The summed E-state index contributed by atoms with van der Waals surface area (Å²) in [6, 6.07) is 0.558. The second-order valence-corrected chi connectivity index (χ2v) is 7.92. The number of hydrogen-bond acceptors (Lipinski definition) is 2. The zero-order valence-corrected chi connectivity index (χ0v) is 13.9. The van der Waals surface area contributed by atoms with Gasteiger partial charge in [-0.15, -0.1) is 0 Å². The van der Waals surface area contributed by atoms with Crippen molar-refractivity contribution in [2.45, 2.75) is 77.8 Å². The topological polar surface area (TPSA) is 24.4 Å². The molecule has 1 N–H and O–H groups in total. The summed E-state index contributed by atoms with van der Waals surface area (Å²) in [7, 11) is 0. The Labute approximate surface area is 123 Å². The predicted octanol–water partition coefficient (Wildman–Crippen LogP) is 4.45. The number of nitrogens with zero attached hydrogens (tertiary/aromatic N) is 1. The summed E-state index contributed by atoms with van der Waals surface area (Å²) in [5.41, 5.74) is 0.270. The van der Waals surface area contributed by atoms with E-state index in [0.717, 1.165) is 11.8 Å². The molecule has 110 valence electrons. The first-order valence-electron chi connectivity index (χ1n) is 8.03. The molecular weight excluding hydrogens is 252 g/mol. The van der Waals surface area contributed by atoms with Crippen LogP contribution in [0.3, 0.4) is 0 Å². The Morgan fingerprint density at radius 3 is 2.79 bits per heavy atom. The highest BCUT2D eigenvalue weighted by atomic mass is 32.2. The van der Waals surface area contributed by atoms with Crippen molar-refractivity contribution >= 4 is 16.9 Å². The Balaban J connectivity index is 2.06. The maximum absolute atomic E-state index is 5.11. The monoisotopic (exact) mass is 282 g/mol. The van der Waals surface area contributed by atoms with Crippen LogP contribution in [0.4, 0.5) is 0 Å². The molecule has 2 aliphatic rings. The number of hydrogen-bond donors (Lipinski definition) is 1. The van der Waals surface area contributed by atoms with Crippen molar-refractivity contribution in [3.63, 3.8) is 0 Å². The lowest BCUT2D eigenvalue weighted by Gasteiger charge is -2.37. The minimum Gasteiger partial charge on any atom is -0.360 e. The van der Waals surface area contributed by atoms with Crippen LogP contribution in [-0.4, -0.2) is 22.5 Å². The van der Waals surface area contributed by atoms with Crippen LogP contribution in [0.15, 0.2) is 4.99 Å². The molecule has 1 saturated carbocycles. The van der Waals surface area contributed by atoms with E-state index < -0.39 is 0 Å². The third-order valence-corrected chi connectivity index (χ3v) is 5.89. The molecule has 0 amide bonds. The Kier molecular flexibility index (Phi) is 5.22. The van der Waals surface area contributed by atoms with E-state index in [2.05, 4.69) is 33.0 Å². The molecule has 2 rings (SSSR count). The van der Waals surface area contributed by atoms with Gasteiger partial charge >= 0.3 is 0 Å². The van der Waals surface area contributed by atoms with Gasteiger partial charge in [0.15, 0.2) is 5.17 Å². The van der Waals surface area contributed by atoms with E-state index in [1.54, 1.807) is 0 Å². The molecule has 0 spiro atoms. The smallest absolute Gasteiger partial charge is 0.157 e. The average Bonchev–Trinajstić information content (AvgIpc) is 2.39. The van der Waals surface area contributed by atoms with Crippen LogP contribution in [0.25, 0.3) is 0 Å². The Hall–Kier alpha value is -0.180. The molecule has 0 aromatic heterocycles. The quantitative estimate of drug-likeness (QED) is 0.827. The van der Waals surface area contributed by atoms with Gasteiger partial charge < -0.3 is 5.32 Å². The highest BCUT2D eigenvalue weighted by Gasteiger charge is 2.31. The molecule has 0 aromatic carbocycles. The lowest BCUT2D eigenvalue weighted by molar-refractivity contribution is 0.241. The third-order valence-electron chi connectivity index (χ3n) is 5.00. The summed E-state index contributed by atoms with van der Waals surface area (Å²) in [6.45, 7) is 9.34. The maximum Gasteiger partial charge on any atom is 0.157 e. The van der Waals surface area contributed by atoms with Gasteiger partial charge in [-0.25, -0.2) is 0 Å². The first kappa shape index (κ1) is 15.2. The SMILES string of the molecule is CCC1(C)CCSC(=NC2CCCCC2C(C)C)N1. The molecule has 1 aliphatic heterocycles. The summed E-state index contributed by atoms with van der Waals surface area (Å²) < 4.78 is 0. The Morgan fingerprint density at radius 1 is 1.37 bits per heavy atom. The fourth-order valence-electron chi connectivity index (χ4n) is 3.29. The standard InChI is InChI=1S/C16H30N2S/c1-5-16(4)10-11-19-15(18-16)17-14-9-7-6-8-13(14)12(2)3/h12-14H,5-11H2,1-4H3,(H,17,18). The number of aliphatic imine (C=N–C) groups is 1. The number of thioether (sulfide) groups is 1. The molecule has 3 heteroatoms. The summed E-state index contributed by atoms with van der Waals surface area (Å²) in [6.07, 6.45) is 7.86. The highest BCUT2D eigenvalue weighted by Crippen LogP contribution is 2.34. The third kappa shape index (κ3) is 3.90. The molecule has 0 radical (unpaired) electrons. The fraction of sp³-hybridized carbons (Fsp3) is 0.938. The molecule has 3 atom stereocenters. The molecule has 2 fully saturated rings. The molecule has 0 aromatic rings. The van der Waals surface area contributed by atoms with Gasteiger partial charge in [0, 0.05) is 11.3 Å². The van der Waals surface area contributed by atoms with Gasteiger partial charge in [-0.1, -0.05) is 45.4 Å². The molecule has 3 unspecified atom stereocenters. The van der Waals surface area contributed by atoms with E-state index in [1.807, 2.05) is 11.8 Å². The van der Waals surface area contributed by atoms with Crippen LogP contribution >= 0.6 is 11.8 Å². The average molecular weight is 282 g/mol. The van der Waals surface area contributed by atoms with E-state index in [4.69, 9.17) is 4.99 Å². The molecule has 1 saturated heterocycles. The normalized spacial score (nSPS) is 38.5. The molecule has 1 aliphatic carbocycles. The van der Waals surface area contributed by atoms with Crippen LogP contribution in [0.5, 0.6) is 0 Å². The fourth-order valence-corrected chi connectivity index (χ4v) is 4.57. The number of amidine groups is 1. The van der Waals surface area contributed by atoms with Gasteiger partial charge in [0.25, 0.3) is 0 Å². The maximum atomic E-state index is 5.11. The molecule has 1 heterocycles. The van der Waals surface area contributed by atoms with Gasteiger partial charge in [0.2, 0.25) is 0 Å². The number of rotatable bonds is 3. The van der Waals surface area contributed by atoms with E-state index in [9.17, 15) is 0 Å². The molecule has 19 heavy (non-hydrogen) atoms. The van der Waals surface area contributed by atoms with Crippen LogP contribution in [0, 0.1) is 11.8 Å². The van der Waals surface area contributed by atoms with Gasteiger partial charge in [-0.3, -0.25) is 4.99 Å². The van der Waals surface area contributed by atoms with Crippen LogP contribution in [0.1, 0.15) is 66.2 Å². The van der Waals surface area contributed by atoms with Gasteiger partial charge in [-0.2, -0.15) is 0 Å². The van der Waals surface area contributed by atoms with Crippen LogP contribution < -0.4 is 5.32 Å². The van der Waals surface area contributed by atoms with Crippen molar-refractivity contribution in [1.82, 2.24) is 5.32 Å². The van der Waals surface area contributed by atoms with Crippen molar-refractivity contribution in [2.24, 2.45) is 16.8 Å². The van der Waals surface area contributed by atoms with Crippen molar-refractivity contribution in [3.8, 4) is 0 Å². The minimum atomic E-state index is 0.270. The zero-order valence-electron chi connectivity index (χ0n) is 13.0. The molecular formula is C16H30N2S. The predicted molar refractivity (Wildman–Crippen MR) is 86.9 cm³/mol. The minimum absolute atomic E-state index is 0.270. The first-order chi connectivity index (χ1) is 9.04. The van der Waals surface area contributed by atoms with E-state index in [-0.39, 0.29) is 5.54 Å². The lowest BCUT2D eigenvalue weighted by Crippen LogP contribution is -2.48. The van der Waals surface area contributed by atoms with Gasteiger partial charge in [0.05, 0.1) is 6.04 Å². The largest absolute Gasteiger partial charge is 0.360 e. The number of nitrogens with one attached hydrogen (secondary N) is 1. The van der Waals surface area contributed by atoms with E-state index in [0.29, 0.717) is 6.04 Å². The van der Waals surface area contributed by atoms with Gasteiger partial charge in [-0.05, 0) is 44.4 Å². The molecule has 0 bridgehead atoms. The second kappa shape index (κ2) is 6.51. The van der Waals surface area contributed by atoms with Crippen molar-refractivity contribution in [1.29, 1.82) is 0 Å². The van der Waals surface area contributed by atoms with Crippen LogP contribution in [0.2, 0.25) is 0 Å². The Morgan fingerprint density at radius 2 is 2.11 bits per heavy atom. The summed E-state index contributed by atoms with van der Waals surface area (Å²) >= 11 is 1.93. The zero-order chi connectivity index (χ0) is 13.9. The van der Waals surface area contributed by atoms with E-state index >= 15 is 0 Å². The van der Waals surface area contributed by atoms with Crippen molar-refractivity contribution < 1.29 is 0 Å². The van der Waals surface area contributed by atoms with Crippen molar-refractivity contribution in [2.75, 3.05) is 5.75 Å². The van der Waals surface area contributed by atoms with Crippen molar-refractivity contribution in [3.05, 3.63) is 0 Å². The first-order valence-corrected chi connectivity index (χ1v) is 9.01. The van der Waals surface area contributed by atoms with Gasteiger partial charge in [0.1, 0.15) is 0 Å². The van der Waals surface area contributed by atoms with Crippen LogP contribution in [-0.2, 0) is 0 Å². The second-order valence-electron chi connectivity index (χ2n) is 6.83. The van der Waals surface area contributed by atoms with E-state index in [1.165, 1.54) is 49.4 Å². The summed E-state index contributed by atoms with van der Waals surface area (Å²) in [4.78, 5) is 5.11. The lowest BCUT2D eigenvalue weighted by atomic mass is 9.78. The highest BCUT2D eigenvalue weighted by molar-refractivity contribution is 8.13. The Bertz CT molecular complexity index is 327. The summed E-state index contributed by atoms with van der Waals surface area (Å²) in [5.74, 6) is 2.77. The summed E-state index contributed by atoms with van der Waals surface area (Å²) in [5, 5.41) is 4.92.